The molecule has 2 rings (SSSR count). The Bertz CT molecular complexity index is 679. The molecule has 5 heteroatoms. The van der Waals surface area contributed by atoms with Gasteiger partial charge >= 0.3 is 0 Å². The average Bonchev–Trinajstić information content (AvgIpc) is 2.59. The summed E-state index contributed by atoms with van der Waals surface area (Å²) in [6.45, 7) is 1.82. The molecule has 0 heterocycles. The van der Waals surface area contributed by atoms with Crippen LogP contribution in [0.2, 0.25) is 0 Å². The van der Waals surface area contributed by atoms with Gasteiger partial charge in [0.1, 0.15) is 11.5 Å². The molecule has 2 aromatic rings. The van der Waals surface area contributed by atoms with Crippen LogP contribution in [0, 0.1) is 0 Å². The number of carbonyl (C=O) groups is 1. The van der Waals surface area contributed by atoms with E-state index in [0.717, 1.165) is 11.3 Å². The number of ether oxygens (including phenoxy) is 2. The molecule has 0 radical (unpaired) electrons. The first-order chi connectivity index (χ1) is 10.7. The molecule has 0 saturated carbocycles. The Kier molecular flexibility index (Phi) is 5.14. The maximum Gasteiger partial charge on any atom is 0.275 e. The highest BCUT2D eigenvalue weighted by molar-refractivity contribution is 6.01. The predicted molar refractivity (Wildman–Crippen MR) is 85.7 cm³/mol. The van der Waals surface area contributed by atoms with E-state index in [1.54, 1.807) is 25.3 Å². The van der Waals surface area contributed by atoms with Crippen LogP contribution in [0.1, 0.15) is 22.8 Å². The molecule has 0 spiro atoms. The van der Waals surface area contributed by atoms with E-state index >= 15 is 0 Å². The first kappa shape index (κ1) is 15.6. The van der Waals surface area contributed by atoms with Crippen molar-refractivity contribution >= 4 is 11.6 Å². The van der Waals surface area contributed by atoms with Gasteiger partial charge in [0.15, 0.2) is 0 Å². The summed E-state index contributed by atoms with van der Waals surface area (Å²) in [5.41, 5.74) is 4.58. The van der Waals surface area contributed by atoms with Crippen molar-refractivity contribution in [3.8, 4) is 11.5 Å². The summed E-state index contributed by atoms with van der Waals surface area (Å²) in [5, 5.41) is 4.12. The number of para-hydroxylation sites is 1. The molecule has 0 bridgehead atoms. The van der Waals surface area contributed by atoms with Crippen molar-refractivity contribution in [3.63, 3.8) is 0 Å². The fraction of sp³-hybridized carbons (Fsp3) is 0.176. The number of nitrogens with one attached hydrogen (secondary N) is 1. The molecule has 1 N–H and O–H groups in total. The minimum Gasteiger partial charge on any atom is -0.497 e. The van der Waals surface area contributed by atoms with Crippen LogP contribution in [0.5, 0.6) is 11.5 Å². The largest absolute Gasteiger partial charge is 0.497 e. The smallest absolute Gasteiger partial charge is 0.275 e. The van der Waals surface area contributed by atoms with Crippen molar-refractivity contribution in [2.24, 2.45) is 5.10 Å². The van der Waals surface area contributed by atoms with Gasteiger partial charge in [-0.05, 0) is 48.9 Å². The minimum absolute atomic E-state index is 0.315. The normalized spacial score (nSPS) is 11.0. The van der Waals surface area contributed by atoms with Crippen LogP contribution < -0.4 is 14.9 Å². The molecule has 0 aliphatic rings. The number of hydrogen-bond acceptors (Lipinski definition) is 4. The van der Waals surface area contributed by atoms with Crippen molar-refractivity contribution < 1.29 is 14.3 Å². The van der Waals surface area contributed by atoms with E-state index in [-0.39, 0.29) is 5.91 Å². The third-order valence-electron chi connectivity index (χ3n) is 3.18. The molecule has 0 aliphatic carbocycles. The third-order valence-corrected chi connectivity index (χ3v) is 3.18. The molecule has 22 heavy (non-hydrogen) atoms. The minimum atomic E-state index is -0.315. The molecule has 0 aliphatic heterocycles. The molecule has 0 aromatic heterocycles. The van der Waals surface area contributed by atoms with Crippen LogP contribution in [-0.2, 0) is 0 Å². The van der Waals surface area contributed by atoms with Crippen molar-refractivity contribution in [1.82, 2.24) is 5.43 Å². The molecule has 0 atom stereocenters. The number of benzene rings is 2. The molecule has 0 unspecified atom stereocenters. The van der Waals surface area contributed by atoms with Crippen LogP contribution in [0.4, 0.5) is 0 Å². The monoisotopic (exact) mass is 298 g/mol. The highest BCUT2D eigenvalue weighted by atomic mass is 16.5. The zero-order chi connectivity index (χ0) is 15.9. The van der Waals surface area contributed by atoms with Crippen LogP contribution in [0.25, 0.3) is 0 Å². The summed E-state index contributed by atoms with van der Waals surface area (Å²) in [6.07, 6.45) is 0. The summed E-state index contributed by atoms with van der Waals surface area (Å²) in [6, 6.07) is 14.5. The molecule has 0 fully saturated rings. The maximum absolute atomic E-state index is 12.1. The second-order valence-electron chi connectivity index (χ2n) is 4.57. The fourth-order valence-electron chi connectivity index (χ4n) is 1.92. The lowest BCUT2D eigenvalue weighted by atomic mass is 10.1. The lowest BCUT2D eigenvalue weighted by Crippen LogP contribution is -2.20. The lowest BCUT2D eigenvalue weighted by Gasteiger charge is -2.07. The van der Waals surface area contributed by atoms with Crippen LogP contribution in [0.3, 0.4) is 0 Å². The summed E-state index contributed by atoms with van der Waals surface area (Å²) >= 11 is 0. The van der Waals surface area contributed by atoms with E-state index in [4.69, 9.17) is 9.47 Å². The van der Waals surface area contributed by atoms with Gasteiger partial charge in [-0.1, -0.05) is 12.1 Å². The van der Waals surface area contributed by atoms with Gasteiger partial charge < -0.3 is 9.47 Å². The SMILES string of the molecule is COc1ccc(/C(C)=N\NC(=O)c2ccccc2OC)cc1. The number of carbonyl (C=O) groups excluding carboxylic acids is 1. The zero-order valence-electron chi connectivity index (χ0n) is 12.8. The van der Waals surface area contributed by atoms with Crippen molar-refractivity contribution in [2.75, 3.05) is 14.2 Å². The summed E-state index contributed by atoms with van der Waals surface area (Å²) in [4.78, 5) is 12.1. The highest BCUT2D eigenvalue weighted by Gasteiger charge is 2.10. The Labute approximate surface area is 129 Å². The Balaban J connectivity index is 2.11. The van der Waals surface area contributed by atoms with Gasteiger partial charge in [0.05, 0.1) is 25.5 Å². The number of hydrazone groups is 1. The van der Waals surface area contributed by atoms with Gasteiger partial charge in [-0.2, -0.15) is 5.10 Å². The Morgan fingerprint density at radius 2 is 1.68 bits per heavy atom. The van der Waals surface area contributed by atoms with E-state index in [9.17, 15) is 4.79 Å². The van der Waals surface area contributed by atoms with Gasteiger partial charge in [-0.3, -0.25) is 4.79 Å². The Hall–Kier alpha value is -2.82. The lowest BCUT2D eigenvalue weighted by molar-refractivity contribution is 0.0952. The van der Waals surface area contributed by atoms with E-state index in [0.29, 0.717) is 17.0 Å². The number of rotatable bonds is 5. The maximum atomic E-state index is 12.1. The second-order valence-corrected chi connectivity index (χ2v) is 4.57. The van der Waals surface area contributed by atoms with Crippen molar-refractivity contribution in [1.29, 1.82) is 0 Å². The van der Waals surface area contributed by atoms with E-state index in [2.05, 4.69) is 10.5 Å². The number of amides is 1. The zero-order valence-corrected chi connectivity index (χ0v) is 12.8. The number of hydrogen-bond donors (Lipinski definition) is 1. The van der Waals surface area contributed by atoms with Crippen LogP contribution in [-0.4, -0.2) is 25.8 Å². The predicted octanol–water partition coefficient (Wildman–Crippen LogP) is 2.86. The summed E-state index contributed by atoms with van der Waals surface area (Å²) in [5.74, 6) is 0.970. The third kappa shape index (κ3) is 3.63. The highest BCUT2D eigenvalue weighted by Crippen LogP contribution is 2.17. The quantitative estimate of drug-likeness (QED) is 0.682. The molecule has 1 amide bonds. The Morgan fingerprint density at radius 1 is 1.00 bits per heavy atom. The molecule has 114 valence electrons. The van der Waals surface area contributed by atoms with Gasteiger partial charge in [0, 0.05) is 0 Å². The van der Waals surface area contributed by atoms with E-state index in [1.165, 1.54) is 7.11 Å². The van der Waals surface area contributed by atoms with Crippen molar-refractivity contribution in [3.05, 3.63) is 59.7 Å². The first-order valence-corrected chi connectivity index (χ1v) is 6.77. The van der Waals surface area contributed by atoms with E-state index in [1.807, 2.05) is 37.3 Å². The fourth-order valence-corrected chi connectivity index (χ4v) is 1.92. The summed E-state index contributed by atoms with van der Waals surface area (Å²) in [7, 11) is 3.14. The topological polar surface area (TPSA) is 59.9 Å². The van der Waals surface area contributed by atoms with Gasteiger partial charge in [0.2, 0.25) is 0 Å². The molecule has 5 nitrogen and oxygen atoms in total. The van der Waals surface area contributed by atoms with Gasteiger partial charge in [0.25, 0.3) is 5.91 Å². The number of nitrogens with zero attached hydrogens (tertiary/aromatic N) is 1. The average molecular weight is 298 g/mol. The van der Waals surface area contributed by atoms with Crippen molar-refractivity contribution in [2.45, 2.75) is 6.92 Å². The molecule has 2 aromatic carbocycles. The number of methoxy groups -OCH3 is 2. The van der Waals surface area contributed by atoms with Gasteiger partial charge in [-0.25, -0.2) is 5.43 Å². The molecular weight excluding hydrogens is 280 g/mol. The van der Waals surface area contributed by atoms with Crippen LogP contribution >= 0.6 is 0 Å². The molecule has 0 saturated heterocycles. The Morgan fingerprint density at radius 3 is 2.32 bits per heavy atom. The first-order valence-electron chi connectivity index (χ1n) is 6.77. The van der Waals surface area contributed by atoms with E-state index < -0.39 is 0 Å². The second kappa shape index (κ2) is 7.26. The van der Waals surface area contributed by atoms with Gasteiger partial charge in [-0.15, -0.1) is 0 Å². The standard InChI is InChI=1S/C17H18N2O3/c1-12(13-8-10-14(21-2)11-9-13)18-19-17(20)15-6-4-5-7-16(15)22-3/h4-11H,1-3H3,(H,19,20)/b18-12-. The van der Waals surface area contributed by atoms with Crippen LogP contribution in [0.15, 0.2) is 53.6 Å². The molecular formula is C17H18N2O3. The summed E-state index contributed by atoms with van der Waals surface area (Å²) < 4.78 is 10.3.